The average molecular weight is 416 g/mol. The van der Waals surface area contributed by atoms with E-state index in [1.807, 2.05) is 0 Å². The monoisotopic (exact) mass is 416 g/mol. The van der Waals surface area contributed by atoms with Gasteiger partial charge in [0.25, 0.3) is 0 Å². The summed E-state index contributed by atoms with van der Waals surface area (Å²) in [6, 6.07) is 6.50. The van der Waals surface area contributed by atoms with Crippen LogP contribution in [-0.2, 0) is 9.59 Å². The Balaban J connectivity index is 1.75. The zero-order valence-electron chi connectivity index (χ0n) is 16.1. The first-order valence-corrected chi connectivity index (χ1v) is 9.67. The minimum Gasteiger partial charge on any atom is -0.294 e. The second kappa shape index (κ2) is 9.65. The largest absolute Gasteiger partial charge is 0.294 e. The van der Waals surface area contributed by atoms with Gasteiger partial charge in [-0.15, -0.1) is 0 Å². The van der Waals surface area contributed by atoms with Crippen molar-refractivity contribution in [1.29, 1.82) is 0 Å². The van der Waals surface area contributed by atoms with Crippen LogP contribution >= 0.6 is 0 Å². The van der Waals surface area contributed by atoms with E-state index < -0.39 is 40.8 Å². The molecule has 2 aromatic carbocycles. The predicted molar refractivity (Wildman–Crippen MR) is 106 cm³/mol. The summed E-state index contributed by atoms with van der Waals surface area (Å²) in [5.41, 5.74) is 0.601. The van der Waals surface area contributed by atoms with Gasteiger partial charge in [-0.1, -0.05) is 43.5 Å². The summed E-state index contributed by atoms with van der Waals surface area (Å²) >= 11 is 0. The van der Waals surface area contributed by atoms with Crippen LogP contribution in [0.1, 0.15) is 36.8 Å². The number of halogens is 4. The van der Waals surface area contributed by atoms with Gasteiger partial charge in [0, 0.05) is 0 Å². The minimum atomic E-state index is -1.03. The molecule has 2 nitrogen and oxygen atoms in total. The Bertz CT molecular complexity index is 933. The Morgan fingerprint density at radius 3 is 1.63 bits per heavy atom. The van der Waals surface area contributed by atoms with Crippen molar-refractivity contribution in [2.75, 3.05) is 0 Å². The van der Waals surface area contributed by atoms with Crippen molar-refractivity contribution in [3.05, 3.63) is 82.9 Å². The predicted octanol–water partition coefficient (Wildman–Crippen LogP) is 5.91. The van der Waals surface area contributed by atoms with Gasteiger partial charge in [0.15, 0.2) is 34.8 Å². The second-order valence-corrected chi connectivity index (χ2v) is 7.40. The van der Waals surface area contributed by atoms with Gasteiger partial charge >= 0.3 is 0 Å². The van der Waals surface area contributed by atoms with Gasteiger partial charge in [0.1, 0.15) is 0 Å². The zero-order valence-corrected chi connectivity index (χ0v) is 16.1. The highest BCUT2D eigenvalue weighted by atomic mass is 19.2. The van der Waals surface area contributed by atoms with Crippen LogP contribution in [0.2, 0.25) is 0 Å². The van der Waals surface area contributed by atoms with Crippen LogP contribution in [0.4, 0.5) is 17.6 Å². The van der Waals surface area contributed by atoms with Crippen molar-refractivity contribution in [1.82, 2.24) is 0 Å². The molecule has 0 unspecified atom stereocenters. The Morgan fingerprint density at radius 2 is 1.27 bits per heavy atom. The second-order valence-electron chi connectivity index (χ2n) is 7.40. The van der Waals surface area contributed by atoms with Gasteiger partial charge in [0.2, 0.25) is 0 Å². The van der Waals surface area contributed by atoms with Gasteiger partial charge in [-0.05, 0) is 59.9 Å². The number of carbonyl (C=O) groups excluding carboxylic acids is 2. The lowest BCUT2D eigenvalue weighted by atomic mass is 9.76. The first-order chi connectivity index (χ1) is 14.3. The van der Waals surface area contributed by atoms with Gasteiger partial charge < -0.3 is 0 Å². The topological polar surface area (TPSA) is 34.1 Å². The number of hydrogen-bond donors (Lipinski definition) is 0. The van der Waals surface area contributed by atoms with Crippen LogP contribution in [-0.4, -0.2) is 11.6 Å². The molecule has 6 heteroatoms. The number of ketones is 2. The van der Waals surface area contributed by atoms with E-state index in [0.29, 0.717) is 17.5 Å². The normalized spacial score (nSPS) is 15.5. The minimum absolute atomic E-state index is 0.274. The standard InChI is InChI=1S/C24H20F4O2/c25-19-8-4-16(13-21(19)27)6-10-23(29)18(12-15-2-1-3-15)24(30)11-7-17-5-9-20(26)22(28)14-17/h4-11,13-15,18H,1-3,12H2. The van der Waals surface area contributed by atoms with Crippen LogP contribution in [0.25, 0.3) is 12.2 Å². The molecule has 0 atom stereocenters. The van der Waals surface area contributed by atoms with Crippen LogP contribution < -0.4 is 0 Å². The Hall–Kier alpha value is -3.02. The molecule has 0 radical (unpaired) electrons. The zero-order chi connectivity index (χ0) is 21.7. The molecular weight excluding hydrogens is 396 g/mol. The lowest BCUT2D eigenvalue weighted by Gasteiger charge is -2.27. The van der Waals surface area contributed by atoms with Gasteiger partial charge in [-0.25, -0.2) is 17.6 Å². The molecule has 1 saturated carbocycles. The van der Waals surface area contributed by atoms with Crippen molar-refractivity contribution in [2.45, 2.75) is 25.7 Å². The van der Waals surface area contributed by atoms with E-state index in [2.05, 4.69) is 0 Å². The summed E-state index contributed by atoms with van der Waals surface area (Å²) in [6.45, 7) is 0. The smallest absolute Gasteiger partial charge is 0.166 e. The molecule has 0 saturated heterocycles. The number of carbonyl (C=O) groups is 2. The van der Waals surface area contributed by atoms with Crippen molar-refractivity contribution in [3.63, 3.8) is 0 Å². The first-order valence-electron chi connectivity index (χ1n) is 9.67. The summed E-state index contributed by atoms with van der Waals surface area (Å²) in [5, 5.41) is 0. The molecule has 0 bridgehead atoms. The van der Waals surface area contributed by atoms with E-state index >= 15 is 0 Å². The molecule has 3 rings (SSSR count). The molecule has 0 amide bonds. The summed E-state index contributed by atoms with van der Waals surface area (Å²) in [7, 11) is 0. The number of benzene rings is 2. The fourth-order valence-electron chi connectivity index (χ4n) is 3.26. The van der Waals surface area contributed by atoms with Gasteiger partial charge in [0.05, 0.1) is 5.92 Å². The van der Waals surface area contributed by atoms with Crippen molar-refractivity contribution < 1.29 is 27.2 Å². The van der Waals surface area contributed by atoms with Crippen molar-refractivity contribution >= 4 is 23.7 Å². The fraction of sp³-hybridized carbons (Fsp3) is 0.250. The Morgan fingerprint density at radius 1 is 0.800 bits per heavy atom. The molecule has 0 spiro atoms. The Kier molecular flexibility index (Phi) is 6.98. The molecule has 30 heavy (non-hydrogen) atoms. The maximum absolute atomic E-state index is 13.3. The van der Waals surface area contributed by atoms with Crippen LogP contribution in [0.5, 0.6) is 0 Å². The molecule has 1 aliphatic carbocycles. The molecule has 0 N–H and O–H groups in total. The summed E-state index contributed by atoms with van der Waals surface area (Å²) in [5.74, 6) is -5.55. The van der Waals surface area contributed by atoms with Gasteiger partial charge in [-0.2, -0.15) is 0 Å². The third kappa shape index (κ3) is 5.53. The maximum atomic E-state index is 13.3. The molecule has 0 aliphatic heterocycles. The van der Waals surface area contributed by atoms with E-state index in [9.17, 15) is 27.2 Å². The Labute approximate surface area is 171 Å². The van der Waals surface area contributed by atoms with E-state index in [1.54, 1.807) is 0 Å². The number of rotatable bonds is 8. The van der Waals surface area contributed by atoms with E-state index in [-0.39, 0.29) is 5.92 Å². The highest BCUT2D eigenvalue weighted by molar-refractivity contribution is 6.13. The lowest BCUT2D eigenvalue weighted by molar-refractivity contribution is -0.128. The highest BCUT2D eigenvalue weighted by Gasteiger charge is 2.29. The van der Waals surface area contributed by atoms with E-state index in [1.165, 1.54) is 36.4 Å². The number of hydrogen-bond acceptors (Lipinski definition) is 2. The SMILES string of the molecule is O=C(C=Cc1ccc(F)c(F)c1)C(CC1CCC1)C(=O)C=Cc1ccc(F)c(F)c1. The molecule has 2 aromatic rings. The molecule has 1 fully saturated rings. The van der Waals surface area contributed by atoms with E-state index in [0.717, 1.165) is 43.5 Å². The van der Waals surface area contributed by atoms with Crippen molar-refractivity contribution in [2.24, 2.45) is 11.8 Å². The average Bonchev–Trinajstić information content (AvgIpc) is 2.68. The van der Waals surface area contributed by atoms with Crippen LogP contribution in [0.3, 0.4) is 0 Å². The van der Waals surface area contributed by atoms with Crippen LogP contribution in [0.15, 0.2) is 48.6 Å². The van der Waals surface area contributed by atoms with Crippen molar-refractivity contribution in [3.8, 4) is 0 Å². The molecule has 1 aliphatic rings. The summed E-state index contributed by atoms with van der Waals surface area (Å²) < 4.78 is 52.7. The van der Waals surface area contributed by atoms with E-state index in [4.69, 9.17) is 0 Å². The fourth-order valence-corrected chi connectivity index (χ4v) is 3.26. The summed E-state index contributed by atoms with van der Waals surface area (Å²) in [6.07, 6.45) is 8.39. The summed E-state index contributed by atoms with van der Waals surface area (Å²) in [4.78, 5) is 25.4. The lowest BCUT2D eigenvalue weighted by Crippen LogP contribution is -2.26. The molecule has 0 heterocycles. The molecule has 0 aromatic heterocycles. The van der Waals surface area contributed by atoms with Crippen LogP contribution in [0, 0.1) is 35.1 Å². The first kappa shape index (κ1) is 21.7. The third-order valence-electron chi connectivity index (χ3n) is 5.25. The van der Waals surface area contributed by atoms with Gasteiger partial charge in [-0.3, -0.25) is 9.59 Å². The quantitative estimate of drug-likeness (QED) is 0.304. The highest BCUT2D eigenvalue weighted by Crippen LogP contribution is 2.33. The number of allylic oxidation sites excluding steroid dienone is 2. The third-order valence-corrected chi connectivity index (χ3v) is 5.25. The molecular formula is C24H20F4O2. The molecule has 156 valence electrons. The maximum Gasteiger partial charge on any atom is 0.166 e.